The van der Waals surface area contributed by atoms with Gasteiger partial charge in [-0.05, 0) is 57.3 Å². The summed E-state index contributed by atoms with van der Waals surface area (Å²) < 4.78 is 18.9. The molecule has 0 aliphatic carbocycles. The number of carbonyl (C=O) groups excluding carboxylic acids is 2. The van der Waals surface area contributed by atoms with Gasteiger partial charge in [0.25, 0.3) is 0 Å². The molecule has 0 spiro atoms. The van der Waals surface area contributed by atoms with Crippen LogP contribution in [0.2, 0.25) is 0 Å². The Kier molecular flexibility index (Phi) is 13.8. The predicted molar refractivity (Wildman–Crippen MR) is 162 cm³/mol. The van der Waals surface area contributed by atoms with Gasteiger partial charge in [-0.2, -0.15) is 0 Å². The van der Waals surface area contributed by atoms with E-state index in [1.807, 2.05) is 41.5 Å². The predicted octanol–water partition coefficient (Wildman–Crippen LogP) is -0.331. The average molecular weight is 651 g/mol. The van der Waals surface area contributed by atoms with E-state index in [2.05, 4.69) is 0 Å². The van der Waals surface area contributed by atoms with Gasteiger partial charge in [0.1, 0.15) is 5.78 Å². The number of hydrogen-bond donors (Lipinski definition) is 4. The van der Waals surface area contributed by atoms with Crippen molar-refractivity contribution in [3.63, 3.8) is 0 Å². The van der Waals surface area contributed by atoms with Crippen molar-refractivity contribution in [2.75, 3.05) is 0 Å². The molecule has 3 fully saturated rings. The second kappa shape index (κ2) is 15.2. The second-order valence-electron chi connectivity index (χ2n) is 14.9. The Labute approximate surface area is 292 Å². The Bertz CT molecular complexity index is 1030. The van der Waals surface area contributed by atoms with Crippen LogP contribution in [0.15, 0.2) is 0 Å². The van der Waals surface area contributed by atoms with Crippen LogP contribution in [0.25, 0.3) is 0 Å². The van der Waals surface area contributed by atoms with E-state index in [-0.39, 0.29) is 53.1 Å². The summed E-state index contributed by atoms with van der Waals surface area (Å²) in [6.45, 7) is 20.0. The van der Waals surface area contributed by atoms with Gasteiger partial charge in [-0.3, -0.25) is 4.79 Å². The minimum atomic E-state index is -1.95. The molecular formula is C34H59NaO10. The molecule has 10 nitrogen and oxygen atoms in total. The minimum absolute atomic E-state index is 0. The van der Waals surface area contributed by atoms with Gasteiger partial charge < -0.3 is 44.5 Å². The smallest absolute Gasteiger partial charge is 0.550 e. The third-order valence-corrected chi connectivity index (χ3v) is 12.1. The maximum Gasteiger partial charge on any atom is 1.00 e. The van der Waals surface area contributed by atoms with Crippen LogP contribution in [0.5, 0.6) is 0 Å². The van der Waals surface area contributed by atoms with E-state index in [0.29, 0.717) is 25.7 Å². The van der Waals surface area contributed by atoms with E-state index in [0.717, 1.165) is 0 Å². The van der Waals surface area contributed by atoms with Gasteiger partial charge in [-0.15, -0.1) is 0 Å². The summed E-state index contributed by atoms with van der Waals surface area (Å²) in [5, 5.41) is 56.1. The van der Waals surface area contributed by atoms with Gasteiger partial charge in [0.05, 0.1) is 35.6 Å². The van der Waals surface area contributed by atoms with E-state index in [1.54, 1.807) is 27.7 Å². The van der Waals surface area contributed by atoms with E-state index in [4.69, 9.17) is 14.2 Å². The van der Waals surface area contributed by atoms with Crippen molar-refractivity contribution in [3.8, 4) is 0 Å². The zero-order valence-corrected chi connectivity index (χ0v) is 31.6. The summed E-state index contributed by atoms with van der Waals surface area (Å²) in [5.41, 5.74) is -1.69. The number of aliphatic carboxylic acids is 1. The summed E-state index contributed by atoms with van der Waals surface area (Å²) in [4.78, 5) is 25.7. The fourth-order valence-corrected chi connectivity index (χ4v) is 9.28. The van der Waals surface area contributed by atoms with Gasteiger partial charge in [-0.1, -0.05) is 62.3 Å². The molecule has 17 atom stereocenters. The Morgan fingerprint density at radius 1 is 0.956 bits per heavy atom. The van der Waals surface area contributed by atoms with Crippen LogP contribution in [-0.2, 0) is 23.8 Å². The van der Waals surface area contributed by atoms with Crippen molar-refractivity contribution in [1.82, 2.24) is 0 Å². The molecule has 0 aromatic heterocycles. The molecule has 0 saturated carbocycles. The monoisotopic (exact) mass is 650 g/mol. The van der Waals surface area contributed by atoms with Crippen LogP contribution in [0.4, 0.5) is 0 Å². The first kappa shape index (κ1) is 41.0. The number of carboxylic acids is 1. The van der Waals surface area contributed by atoms with E-state index in [1.165, 1.54) is 6.92 Å². The third-order valence-electron chi connectivity index (χ3n) is 12.1. The number of carboxylic acid groups (broad SMARTS) is 1. The van der Waals surface area contributed by atoms with Crippen LogP contribution in [0.3, 0.4) is 0 Å². The first-order valence-corrected chi connectivity index (χ1v) is 16.8. The molecule has 3 rings (SSSR count). The van der Waals surface area contributed by atoms with E-state index in [9.17, 15) is 35.1 Å². The standard InChI is InChI=1S/C34H60O10.Na/c1-12-24(29-17(4)15-32(11,42-29)25-21(8)33(13-2,23(10)35)44-31(25)40)27(37)19(6)26(36)20(7)28-16(3)14-18(5)34(41,43-28)22(9)30(38)39;/h16-26,28-29,31,35-36,40-41H,12-15H2,1-11H3,(H,38,39);/q;+1/p-1/t16-,17-,18+,19-,20+,21-,22+,23+,24+,25?,26+,28-,29-,31-,32-,33+,34-;/m0./s1. The number of ether oxygens (including phenoxy) is 3. The topological polar surface area (TPSA) is 166 Å². The number of Topliss-reactive ketones (excluding diaryl/α,β-unsaturated/α-hetero) is 1. The van der Waals surface area contributed by atoms with Crippen LogP contribution < -0.4 is 34.7 Å². The molecule has 45 heavy (non-hydrogen) atoms. The van der Waals surface area contributed by atoms with E-state index >= 15 is 0 Å². The summed E-state index contributed by atoms with van der Waals surface area (Å²) in [6.07, 6.45) is -2.00. The second-order valence-corrected chi connectivity index (χ2v) is 14.9. The molecular weight excluding hydrogens is 591 g/mol. The van der Waals surface area contributed by atoms with Crippen molar-refractivity contribution in [1.29, 1.82) is 0 Å². The Balaban J connectivity index is 0.00000705. The maximum atomic E-state index is 14.1. The number of hydrogen-bond acceptors (Lipinski definition) is 10. The molecule has 3 aliphatic heterocycles. The van der Waals surface area contributed by atoms with Gasteiger partial charge in [0.2, 0.25) is 0 Å². The van der Waals surface area contributed by atoms with E-state index < -0.39 is 89.2 Å². The largest absolute Gasteiger partial charge is 1.00 e. The number of aliphatic hydroxyl groups is 4. The summed E-state index contributed by atoms with van der Waals surface area (Å²) in [5.74, 6) is -7.79. The Morgan fingerprint density at radius 2 is 1.53 bits per heavy atom. The van der Waals surface area contributed by atoms with Gasteiger partial charge >= 0.3 is 29.6 Å². The number of rotatable bonds is 12. The molecule has 0 aromatic rings. The zero-order valence-electron chi connectivity index (χ0n) is 29.6. The van der Waals surface area contributed by atoms with Crippen molar-refractivity contribution >= 4 is 11.8 Å². The molecule has 0 radical (unpaired) electrons. The van der Waals surface area contributed by atoms with Crippen molar-refractivity contribution in [2.45, 2.75) is 150 Å². The molecule has 3 heterocycles. The summed E-state index contributed by atoms with van der Waals surface area (Å²) >= 11 is 0. The van der Waals surface area contributed by atoms with Crippen LogP contribution in [-0.4, -0.2) is 79.9 Å². The quantitative estimate of drug-likeness (QED) is 0.206. The summed E-state index contributed by atoms with van der Waals surface area (Å²) in [6, 6.07) is 0. The van der Waals surface area contributed by atoms with Crippen LogP contribution in [0, 0.1) is 53.3 Å². The normalized spacial score (nSPS) is 44.3. The van der Waals surface area contributed by atoms with Gasteiger partial charge in [-0.25, -0.2) is 0 Å². The number of aliphatic hydroxyl groups excluding tert-OH is 3. The third kappa shape index (κ3) is 7.26. The molecule has 3 aliphatic rings. The van der Waals surface area contributed by atoms with Crippen molar-refractivity contribution in [3.05, 3.63) is 0 Å². The Hall–Kier alpha value is -0.140. The fourth-order valence-electron chi connectivity index (χ4n) is 9.28. The first-order valence-electron chi connectivity index (χ1n) is 16.8. The first-order chi connectivity index (χ1) is 20.2. The van der Waals surface area contributed by atoms with Crippen LogP contribution in [0.1, 0.15) is 102 Å². The fraction of sp³-hybridized carbons (Fsp3) is 0.941. The van der Waals surface area contributed by atoms with Crippen molar-refractivity contribution < 1.29 is 78.9 Å². The summed E-state index contributed by atoms with van der Waals surface area (Å²) in [7, 11) is 0. The molecule has 256 valence electrons. The molecule has 0 amide bonds. The molecule has 0 aromatic carbocycles. The van der Waals surface area contributed by atoms with Crippen LogP contribution >= 0.6 is 0 Å². The molecule has 0 bridgehead atoms. The van der Waals surface area contributed by atoms with Gasteiger partial charge in [0.15, 0.2) is 12.1 Å². The molecule has 3 saturated heterocycles. The number of ketones is 1. The van der Waals surface area contributed by atoms with Crippen molar-refractivity contribution in [2.24, 2.45) is 53.3 Å². The number of carbonyl (C=O) groups is 2. The molecule has 1 unspecified atom stereocenters. The minimum Gasteiger partial charge on any atom is -0.550 e. The molecule has 4 N–H and O–H groups in total. The average Bonchev–Trinajstić information content (AvgIpc) is 3.40. The Morgan fingerprint density at radius 3 is 2.00 bits per heavy atom. The molecule has 11 heteroatoms. The maximum absolute atomic E-state index is 14.1. The SMILES string of the molecule is CC[C@H](C(=O)[C@@H](C)[C@@H](O)[C@@H](C)[C@H]1O[C@](O)([C@H](C)C(=O)[O-])[C@H](C)C[C@@H]1C)[C@H]1O[C@](C)(C2[C@@H](O)O[C@@](CC)([C@@H](C)O)[C@H]2C)C[C@@H]1C.[Na+]. The zero-order chi connectivity index (χ0) is 33.7. The van der Waals surface area contributed by atoms with Gasteiger partial charge in [0, 0.05) is 41.5 Å².